The van der Waals surface area contributed by atoms with Crippen molar-refractivity contribution >= 4 is 16.9 Å². The topological polar surface area (TPSA) is 40.9 Å². The summed E-state index contributed by atoms with van der Waals surface area (Å²) < 4.78 is 0. The van der Waals surface area contributed by atoms with Crippen molar-refractivity contribution in [2.24, 2.45) is 0 Å². The number of hydrogen-bond donors (Lipinski definition) is 0. The SMILES string of the molecule is CC(=O)SCC#N.[H-].[Na+]. The van der Waals surface area contributed by atoms with Gasteiger partial charge in [0.1, 0.15) is 0 Å². The van der Waals surface area contributed by atoms with Gasteiger partial charge in [-0.25, -0.2) is 0 Å². The van der Waals surface area contributed by atoms with E-state index in [0.29, 0.717) is 0 Å². The summed E-state index contributed by atoms with van der Waals surface area (Å²) in [6.07, 6.45) is 0. The van der Waals surface area contributed by atoms with Crippen molar-refractivity contribution in [1.29, 1.82) is 5.26 Å². The first-order valence-corrected chi connectivity index (χ1v) is 2.76. The van der Waals surface area contributed by atoms with Gasteiger partial charge in [0.05, 0.1) is 11.8 Å². The van der Waals surface area contributed by atoms with Crippen LogP contribution in [-0.2, 0) is 4.79 Å². The molecule has 0 bridgehead atoms. The van der Waals surface area contributed by atoms with Crippen LogP contribution in [0.4, 0.5) is 0 Å². The molecular weight excluding hydrogens is 133 g/mol. The summed E-state index contributed by atoms with van der Waals surface area (Å²) in [6.45, 7) is 1.45. The fourth-order valence-corrected chi connectivity index (χ4v) is 0.402. The third kappa shape index (κ3) is 9.72. The number of rotatable bonds is 1. The molecule has 8 heavy (non-hydrogen) atoms. The predicted octanol–water partition coefficient (Wildman–Crippen LogP) is -2.09. The van der Waals surface area contributed by atoms with Crippen LogP contribution in [0.2, 0.25) is 0 Å². The molecule has 40 valence electrons. The molecule has 0 rings (SSSR count). The average molecular weight is 139 g/mol. The van der Waals surface area contributed by atoms with Crippen LogP contribution in [0.15, 0.2) is 0 Å². The van der Waals surface area contributed by atoms with Crippen LogP contribution in [0.1, 0.15) is 8.35 Å². The molecule has 0 saturated heterocycles. The smallest absolute Gasteiger partial charge is 1.00 e. The van der Waals surface area contributed by atoms with E-state index in [1.165, 1.54) is 6.92 Å². The summed E-state index contributed by atoms with van der Waals surface area (Å²) in [5.41, 5.74) is 0. The van der Waals surface area contributed by atoms with Gasteiger partial charge < -0.3 is 1.43 Å². The van der Waals surface area contributed by atoms with Crippen LogP contribution < -0.4 is 29.6 Å². The van der Waals surface area contributed by atoms with Gasteiger partial charge in [-0.15, -0.1) is 0 Å². The van der Waals surface area contributed by atoms with Gasteiger partial charge in [-0.05, 0) is 0 Å². The molecule has 2 nitrogen and oxygen atoms in total. The number of nitriles is 1. The van der Waals surface area contributed by atoms with Crippen molar-refractivity contribution in [2.75, 3.05) is 5.75 Å². The molecule has 0 amide bonds. The number of hydrogen-bond acceptors (Lipinski definition) is 3. The minimum absolute atomic E-state index is 0. The Balaban J connectivity index is -0.000000180. The molecule has 0 aliphatic carbocycles. The first kappa shape index (κ1) is 11.3. The van der Waals surface area contributed by atoms with Gasteiger partial charge in [-0.1, -0.05) is 11.8 Å². The van der Waals surface area contributed by atoms with E-state index in [9.17, 15) is 4.79 Å². The molecule has 0 aliphatic heterocycles. The molecule has 0 fully saturated rings. The van der Waals surface area contributed by atoms with Crippen LogP contribution in [-0.4, -0.2) is 10.9 Å². The largest absolute Gasteiger partial charge is 1.00 e. The second-order valence-electron chi connectivity index (χ2n) is 0.938. The molecule has 0 radical (unpaired) electrons. The van der Waals surface area contributed by atoms with Crippen molar-refractivity contribution in [2.45, 2.75) is 6.92 Å². The maximum atomic E-state index is 10.0. The van der Waals surface area contributed by atoms with E-state index in [1.807, 2.05) is 6.07 Å². The van der Waals surface area contributed by atoms with Crippen LogP contribution in [0, 0.1) is 11.3 Å². The normalized spacial score (nSPS) is 6.50. The molecule has 0 aliphatic rings. The van der Waals surface area contributed by atoms with Gasteiger partial charge >= 0.3 is 29.6 Å². The summed E-state index contributed by atoms with van der Waals surface area (Å²) in [7, 11) is 0. The number of thioether (sulfide) groups is 1. The minimum Gasteiger partial charge on any atom is -1.00 e. The van der Waals surface area contributed by atoms with E-state index in [2.05, 4.69) is 0 Å². The molecule has 0 aromatic heterocycles. The molecule has 0 N–H and O–H groups in total. The van der Waals surface area contributed by atoms with Crippen molar-refractivity contribution in [3.63, 3.8) is 0 Å². The van der Waals surface area contributed by atoms with Gasteiger partial charge in [0.2, 0.25) is 0 Å². The zero-order valence-corrected chi connectivity index (χ0v) is 7.79. The summed E-state index contributed by atoms with van der Waals surface area (Å²) in [6, 6.07) is 1.84. The number of carbonyl (C=O) groups is 1. The monoisotopic (exact) mass is 139 g/mol. The summed E-state index contributed by atoms with van der Waals surface area (Å²) in [4.78, 5) is 10.0. The standard InChI is InChI=1S/C4H5NOS.Na.H/c1-4(6)7-3-2-5;;/h3H2,1H3;;/q;+1;-1. The Morgan fingerprint density at radius 1 is 2.00 bits per heavy atom. The average Bonchev–Trinajstić information content (AvgIpc) is 1.61. The molecule has 0 heterocycles. The molecule has 0 saturated carbocycles. The van der Waals surface area contributed by atoms with Gasteiger partial charge in [0.15, 0.2) is 5.12 Å². The Bertz CT molecular complexity index is 114. The third-order valence-electron chi connectivity index (χ3n) is 0.340. The van der Waals surface area contributed by atoms with Gasteiger partial charge in [0.25, 0.3) is 0 Å². The molecule has 0 spiro atoms. The maximum Gasteiger partial charge on any atom is 1.00 e. The van der Waals surface area contributed by atoms with Crippen LogP contribution in [0.25, 0.3) is 0 Å². The Labute approximate surface area is 76.4 Å². The van der Waals surface area contributed by atoms with Crippen molar-refractivity contribution in [3.05, 3.63) is 0 Å². The van der Waals surface area contributed by atoms with E-state index in [4.69, 9.17) is 5.26 Å². The van der Waals surface area contributed by atoms with Gasteiger partial charge in [0, 0.05) is 6.92 Å². The van der Waals surface area contributed by atoms with E-state index < -0.39 is 0 Å². The first-order chi connectivity index (χ1) is 3.27. The fraction of sp³-hybridized carbons (Fsp3) is 0.500. The van der Waals surface area contributed by atoms with Crippen LogP contribution in [0.5, 0.6) is 0 Å². The molecular formula is C4H6NNaOS. The van der Waals surface area contributed by atoms with Crippen LogP contribution in [0.3, 0.4) is 0 Å². The molecule has 0 unspecified atom stereocenters. The van der Waals surface area contributed by atoms with Crippen molar-refractivity contribution in [3.8, 4) is 6.07 Å². The predicted molar refractivity (Wildman–Crippen MR) is 29.9 cm³/mol. The summed E-state index contributed by atoms with van der Waals surface area (Å²) in [5, 5.41) is 7.89. The van der Waals surface area contributed by atoms with Gasteiger partial charge in [-0.3, -0.25) is 4.79 Å². The van der Waals surface area contributed by atoms with E-state index in [0.717, 1.165) is 11.8 Å². The molecule has 0 aromatic rings. The Hall–Kier alpha value is 0.510. The Morgan fingerprint density at radius 3 is 2.62 bits per heavy atom. The molecule has 0 aromatic carbocycles. The first-order valence-electron chi connectivity index (χ1n) is 1.77. The van der Waals surface area contributed by atoms with Crippen molar-refractivity contribution in [1.82, 2.24) is 0 Å². The van der Waals surface area contributed by atoms with Crippen LogP contribution >= 0.6 is 11.8 Å². The number of carbonyl (C=O) groups excluding carboxylic acids is 1. The summed E-state index contributed by atoms with van der Waals surface area (Å²) >= 11 is 1.03. The Kier molecular flexibility index (Phi) is 10.6. The quantitative estimate of drug-likeness (QED) is 0.391. The van der Waals surface area contributed by atoms with E-state index in [1.54, 1.807) is 0 Å². The fourth-order valence-electron chi connectivity index (χ4n) is 0.134. The zero-order chi connectivity index (χ0) is 5.70. The molecule has 4 heteroatoms. The van der Waals surface area contributed by atoms with E-state index in [-0.39, 0.29) is 41.9 Å². The second-order valence-corrected chi connectivity index (χ2v) is 2.09. The van der Waals surface area contributed by atoms with E-state index >= 15 is 0 Å². The maximum absolute atomic E-state index is 10.0. The zero-order valence-electron chi connectivity index (χ0n) is 5.97. The molecule has 0 atom stereocenters. The van der Waals surface area contributed by atoms with Crippen molar-refractivity contribution < 1.29 is 35.8 Å². The third-order valence-corrected chi connectivity index (χ3v) is 1.02. The van der Waals surface area contributed by atoms with Gasteiger partial charge in [-0.2, -0.15) is 5.26 Å². The Morgan fingerprint density at radius 2 is 2.50 bits per heavy atom. The second kappa shape index (κ2) is 7.51. The number of nitrogens with zero attached hydrogens (tertiary/aromatic N) is 1. The summed E-state index contributed by atoms with van der Waals surface area (Å²) in [5.74, 6) is 0.273. The minimum atomic E-state index is 0.